The van der Waals surface area contributed by atoms with Crippen LogP contribution in [0.15, 0.2) is 53.4 Å². The summed E-state index contributed by atoms with van der Waals surface area (Å²) in [5, 5.41) is 3.30. The van der Waals surface area contributed by atoms with Crippen LogP contribution in [0.4, 0.5) is 0 Å². The van der Waals surface area contributed by atoms with Gasteiger partial charge < -0.3 is 5.32 Å². The third-order valence-corrected chi connectivity index (χ3v) is 7.14. The maximum absolute atomic E-state index is 12.6. The molecule has 1 aliphatic heterocycles. The van der Waals surface area contributed by atoms with Crippen molar-refractivity contribution in [3.05, 3.63) is 64.7 Å². The number of rotatable bonds is 8. The van der Waals surface area contributed by atoms with E-state index >= 15 is 0 Å². The molecule has 1 amide bonds. The second-order valence-corrected chi connectivity index (χ2v) is 9.73. The van der Waals surface area contributed by atoms with E-state index in [9.17, 15) is 13.2 Å². The molecule has 0 aromatic heterocycles. The number of likely N-dealkylation sites (tertiary alicyclic amines) is 1. The molecule has 0 atom stereocenters. The first kappa shape index (κ1) is 21.8. The predicted octanol–water partition coefficient (Wildman–Crippen LogP) is 2.87. The van der Waals surface area contributed by atoms with Crippen molar-refractivity contribution in [2.75, 3.05) is 26.7 Å². The highest BCUT2D eigenvalue weighted by molar-refractivity contribution is 7.89. The Morgan fingerprint density at radius 2 is 1.69 bits per heavy atom. The van der Waals surface area contributed by atoms with Crippen molar-refractivity contribution < 1.29 is 13.2 Å². The lowest BCUT2D eigenvalue weighted by atomic mass is 10.1. The Labute approximate surface area is 177 Å². The van der Waals surface area contributed by atoms with Gasteiger partial charge in [0.15, 0.2) is 0 Å². The Morgan fingerprint density at radius 1 is 1.07 bits per heavy atom. The van der Waals surface area contributed by atoms with E-state index in [1.165, 1.54) is 49.7 Å². The lowest BCUT2D eigenvalue weighted by Gasteiger charge is -2.19. The molecule has 1 heterocycles. The van der Waals surface area contributed by atoms with Gasteiger partial charge in [-0.1, -0.05) is 35.9 Å². The molecule has 0 saturated carbocycles. The minimum Gasteiger partial charge on any atom is -0.351 e. The number of carbonyl (C=O) groups excluding carboxylic acids is 1. The van der Waals surface area contributed by atoms with Gasteiger partial charge in [-0.05, 0) is 61.3 Å². The minimum atomic E-state index is -3.75. The van der Waals surface area contributed by atoms with Crippen molar-refractivity contribution in [1.82, 2.24) is 14.5 Å². The van der Waals surface area contributed by atoms with Crippen LogP contribution in [0.3, 0.4) is 0 Å². The molecule has 156 valence electrons. The Hall–Kier alpha value is -1.93. The Balaban J connectivity index is 1.58. The maximum atomic E-state index is 12.6. The van der Waals surface area contributed by atoms with Crippen LogP contribution in [-0.4, -0.2) is 50.2 Å². The summed E-state index contributed by atoms with van der Waals surface area (Å²) in [6, 6.07) is 13.9. The SMILES string of the molecule is CN(CC(=O)NCc1ccccc1CN1CCCC1)S(=O)(=O)c1ccc(Cl)cc1. The summed E-state index contributed by atoms with van der Waals surface area (Å²) in [5.74, 6) is -0.346. The zero-order valence-electron chi connectivity index (χ0n) is 16.5. The molecule has 0 radical (unpaired) electrons. The highest BCUT2D eigenvalue weighted by atomic mass is 35.5. The van der Waals surface area contributed by atoms with E-state index in [1.807, 2.05) is 18.2 Å². The van der Waals surface area contributed by atoms with Crippen molar-refractivity contribution in [3.8, 4) is 0 Å². The van der Waals surface area contributed by atoms with Gasteiger partial charge in [0.25, 0.3) is 0 Å². The molecule has 8 heteroatoms. The van der Waals surface area contributed by atoms with Crippen LogP contribution in [-0.2, 0) is 27.9 Å². The lowest BCUT2D eigenvalue weighted by Crippen LogP contribution is -2.38. The number of benzene rings is 2. The molecule has 2 aromatic carbocycles. The molecular formula is C21H26ClN3O3S. The number of nitrogens with zero attached hydrogens (tertiary/aromatic N) is 2. The molecule has 0 spiro atoms. The molecule has 1 N–H and O–H groups in total. The van der Waals surface area contributed by atoms with Crippen LogP contribution in [0, 0.1) is 0 Å². The summed E-state index contributed by atoms with van der Waals surface area (Å²) < 4.78 is 26.2. The standard InChI is InChI=1S/C21H26ClN3O3S/c1-24(29(27,28)20-10-8-19(22)9-11-20)16-21(26)23-14-17-6-2-3-7-18(17)15-25-12-4-5-13-25/h2-3,6-11H,4-5,12-16H2,1H3,(H,23,26). The summed E-state index contributed by atoms with van der Waals surface area (Å²) in [6.07, 6.45) is 2.46. The highest BCUT2D eigenvalue weighted by Crippen LogP contribution is 2.18. The van der Waals surface area contributed by atoms with Gasteiger partial charge in [0.2, 0.25) is 15.9 Å². The smallest absolute Gasteiger partial charge is 0.243 e. The van der Waals surface area contributed by atoms with Gasteiger partial charge >= 0.3 is 0 Å². The van der Waals surface area contributed by atoms with Crippen molar-refractivity contribution >= 4 is 27.5 Å². The molecule has 0 unspecified atom stereocenters. The molecule has 1 fully saturated rings. The van der Waals surface area contributed by atoms with Crippen molar-refractivity contribution in [2.24, 2.45) is 0 Å². The van der Waals surface area contributed by atoms with Crippen LogP contribution in [0.1, 0.15) is 24.0 Å². The van der Waals surface area contributed by atoms with Crippen molar-refractivity contribution in [3.63, 3.8) is 0 Å². The molecule has 3 rings (SSSR count). The Bertz CT molecular complexity index is 942. The fourth-order valence-corrected chi connectivity index (χ4v) is 4.64. The summed E-state index contributed by atoms with van der Waals surface area (Å²) in [7, 11) is -2.36. The number of hydrogen-bond donors (Lipinski definition) is 1. The third kappa shape index (κ3) is 5.79. The van der Waals surface area contributed by atoms with E-state index in [0.29, 0.717) is 11.6 Å². The monoisotopic (exact) mass is 435 g/mol. The quantitative estimate of drug-likeness (QED) is 0.692. The van der Waals surface area contributed by atoms with Crippen LogP contribution in [0.2, 0.25) is 5.02 Å². The fourth-order valence-electron chi connectivity index (χ4n) is 3.39. The molecule has 29 heavy (non-hydrogen) atoms. The van der Waals surface area contributed by atoms with E-state index in [4.69, 9.17) is 11.6 Å². The van der Waals surface area contributed by atoms with Crippen LogP contribution in [0.25, 0.3) is 0 Å². The molecule has 1 saturated heterocycles. The van der Waals surface area contributed by atoms with Gasteiger partial charge in [0.1, 0.15) is 0 Å². The van der Waals surface area contributed by atoms with Gasteiger partial charge in [0, 0.05) is 25.2 Å². The lowest BCUT2D eigenvalue weighted by molar-refractivity contribution is -0.121. The average Bonchev–Trinajstić information content (AvgIpc) is 3.20. The molecule has 0 aliphatic carbocycles. The first-order chi connectivity index (χ1) is 13.9. The van der Waals surface area contributed by atoms with E-state index in [-0.39, 0.29) is 17.3 Å². The van der Waals surface area contributed by atoms with E-state index < -0.39 is 10.0 Å². The molecule has 1 aliphatic rings. The summed E-state index contributed by atoms with van der Waals surface area (Å²) >= 11 is 5.82. The zero-order valence-corrected chi connectivity index (χ0v) is 18.0. The van der Waals surface area contributed by atoms with Crippen molar-refractivity contribution in [2.45, 2.75) is 30.8 Å². The largest absolute Gasteiger partial charge is 0.351 e. The number of carbonyl (C=O) groups is 1. The normalized spacial score (nSPS) is 15.0. The second-order valence-electron chi connectivity index (χ2n) is 7.24. The summed E-state index contributed by atoms with van der Waals surface area (Å²) in [5.41, 5.74) is 2.24. The number of likely N-dealkylation sites (N-methyl/N-ethyl adjacent to an activating group) is 1. The maximum Gasteiger partial charge on any atom is 0.243 e. The first-order valence-corrected chi connectivity index (χ1v) is 11.5. The molecule has 0 bridgehead atoms. The van der Waals surface area contributed by atoms with Gasteiger partial charge in [0.05, 0.1) is 11.4 Å². The van der Waals surface area contributed by atoms with Gasteiger partial charge in [-0.3, -0.25) is 9.69 Å². The highest BCUT2D eigenvalue weighted by Gasteiger charge is 2.23. The molecule has 6 nitrogen and oxygen atoms in total. The van der Waals surface area contributed by atoms with Gasteiger partial charge in [-0.25, -0.2) is 8.42 Å². The molecular weight excluding hydrogens is 410 g/mol. The number of halogens is 1. The van der Waals surface area contributed by atoms with E-state index in [2.05, 4.69) is 16.3 Å². The van der Waals surface area contributed by atoms with Crippen LogP contribution >= 0.6 is 11.6 Å². The average molecular weight is 436 g/mol. The second kappa shape index (κ2) is 9.71. The number of sulfonamides is 1. The van der Waals surface area contributed by atoms with Crippen LogP contribution in [0.5, 0.6) is 0 Å². The van der Waals surface area contributed by atoms with Gasteiger partial charge in [-0.15, -0.1) is 0 Å². The first-order valence-electron chi connectivity index (χ1n) is 9.64. The fraction of sp³-hybridized carbons (Fsp3) is 0.381. The minimum absolute atomic E-state index is 0.105. The Kier molecular flexibility index (Phi) is 7.29. The number of hydrogen-bond acceptors (Lipinski definition) is 4. The van der Waals surface area contributed by atoms with E-state index in [1.54, 1.807) is 0 Å². The molecule has 2 aromatic rings. The summed E-state index contributed by atoms with van der Waals surface area (Å²) in [6.45, 7) is 3.20. The third-order valence-electron chi connectivity index (χ3n) is 5.08. The zero-order chi connectivity index (χ0) is 20.9. The number of nitrogens with one attached hydrogen (secondary N) is 1. The summed E-state index contributed by atoms with van der Waals surface area (Å²) in [4.78, 5) is 14.9. The van der Waals surface area contributed by atoms with Crippen LogP contribution < -0.4 is 5.32 Å². The van der Waals surface area contributed by atoms with Gasteiger partial charge in [-0.2, -0.15) is 4.31 Å². The topological polar surface area (TPSA) is 69.7 Å². The predicted molar refractivity (Wildman–Crippen MR) is 114 cm³/mol. The number of amides is 1. The Morgan fingerprint density at radius 3 is 2.34 bits per heavy atom. The van der Waals surface area contributed by atoms with E-state index in [0.717, 1.165) is 29.5 Å². The van der Waals surface area contributed by atoms with Crippen molar-refractivity contribution in [1.29, 1.82) is 0 Å².